The number of aliphatic imine (C=N–C) groups is 1. The van der Waals surface area contributed by atoms with Crippen molar-refractivity contribution in [3.05, 3.63) is 0 Å². The molecule has 0 atom stereocenters. The van der Waals surface area contributed by atoms with E-state index < -0.39 is 0 Å². The van der Waals surface area contributed by atoms with Crippen LogP contribution in [-0.2, 0) is 4.79 Å². The number of hydrogen-bond donors (Lipinski definition) is 3. The lowest BCUT2D eigenvalue weighted by atomic mass is 10.1. The van der Waals surface area contributed by atoms with Crippen LogP contribution in [0.3, 0.4) is 0 Å². The summed E-state index contributed by atoms with van der Waals surface area (Å²) in [5.41, 5.74) is 5.46. The molecule has 4 N–H and O–H groups in total. The van der Waals surface area contributed by atoms with Crippen molar-refractivity contribution in [2.75, 3.05) is 13.1 Å². The number of carbonyl (C=O) groups excluding carboxylic acids is 1. The smallest absolute Gasteiger partial charge is 0.241 e. The highest BCUT2D eigenvalue weighted by Crippen LogP contribution is 1.96. The van der Waals surface area contributed by atoms with Crippen molar-refractivity contribution < 1.29 is 4.79 Å². The largest absolute Gasteiger partial charge is 0.370 e. The van der Waals surface area contributed by atoms with Crippen molar-refractivity contribution in [3.8, 4) is 0 Å². The second-order valence-corrected chi connectivity index (χ2v) is 4.43. The van der Waals surface area contributed by atoms with Crippen LogP contribution in [0, 0.1) is 0 Å². The second kappa shape index (κ2) is 8.60. The molecule has 16 heavy (non-hydrogen) atoms. The first-order valence-electron chi connectivity index (χ1n) is 5.20. The molecule has 0 radical (unpaired) electrons. The average Bonchev–Trinajstić information content (AvgIpc) is 2.08. The van der Waals surface area contributed by atoms with Crippen molar-refractivity contribution in [3.63, 3.8) is 0 Å². The van der Waals surface area contributed by atoms with Gasteiger partial charge in [0.05, 0.1) is 0 Å². The summed E-state index contributed by atoms with van der Waals surface area (Å²) >= 11 is 0. The van der Waals surface area contributed by atoms with Crippen LogP contribution in [-0.4, -0.2) is 30.5 Å². The molecule has 0 aromatic rings. The summed E-state index contributed by atoms with van der Waals surface area (Å²) in [6.45, 7) is 8.69. The van der Waals surface area contributed by atoms with Gasteiger partial charge in [-0.15, -0.1) is 24.0 Å². The molecule has 0 saturated carbocycles. The Morgan fingerprint density at radius 3 is 2.38 bits per heavy atom. The molecule has 0 spiro atoms. The van der Waals surface area contributed by atoms with E-state index in [1.54, 1.807) is 0 Å². The molecule has 0 aromatic carbocycles. The van der Waals surface area contributed by atoms with E-state index in [4.69, 9.17) is 5.73 Å². The molecule has 0 saturated heterocycles. The SMILES string of the molecule is CCCNC(=O)CN=C(N)NC(C)(C)C.I. The Kier molecular flexibility index (Phi) is 9.60. The molecule has 0 aliphatic heterocycles. The van der Waals surface area contributed by atoms with Gasteiger partial charge in [-0.1, -0.05) is 6.92 Å². The summed E-state index contributed by atoms with van der Waals surface area (Å²) in [5, 5.41) is 5.70. The van der Waals surface area contributed by atoms with E-state index in [-0.39, 0.29) is 42.0 Å². The van der Waals surface area contributed by atoms with Crippen molar-refractivity contribution >= 4 is 35.8 Å². The van der Waals surface area contributed by atoms with Gasteiger partial charge < -0.3 is 16.4 Å². The molecule has 5 nitrogen and oxygen atoms in total. The number of nitrogens with two attached hydrogens (primary N) is 1. The molecule has 0 aliphatic carbocycles. The molecule has 0 rings (SSSR count). The van der Waals surface area contributed by atoms with Crippen molar-refractivity contribution in [2.24, 2.45) is 10.7 Å². The molecular weight excluding hydrogens is 319 g/mol. The van der Waals surface area contributed by atoms with Crippen molar-refractivity contribution in [1.29, 1.82) is 0 Å². The molecule has 1 amide bonds. The van der Waals surface area contributed by atoms with Gasteiger partial charge in [-0.05, 0) is 27.2 Å². The fraction of sp³-hybridized carbons (Fsp3) is 0.800. The van der Waals surface area contributed by atoms with Gasteiger partial charge in [0, 0.05) is 12.1 Å². The van der Waals surface area contributed by atoms with Gasteiger partial charge >= 0.3 is 0 Å². The molecule has 0 aromatic heterocycles. The first kappa shape index (κ1) is 17.9. The Labute approximate surface area is 115 Å². The van der Waals surface area contributed by atoms with Crippen LogP contribution in [0.25, 0.3) is 0 Å². The first-order chi connectivity index (χ1) is 6.85. The lowest BCUT2D eigenvalue weighted by molar-refractivity contribution is -0.119. The normalized spacial score (nSPS) is 11.6. The Morgan fingerprint density at radius 1 is 1.38 bits per heavy atom. The predicted octanol–water partition coefficient (Wildman–Crippen LogP) is 0.833. The Morgan fingerprint density at radius 2 is 1.94 bits per heavy atom. The van der Waals surface area contributed by atoms with E-state index in [9.17, 15) is 4.79 Å². The van der Waals surface area contributed by atoms with Gasteiger partial charge in [0.2, 0.25) is 5.91 Å². The number of nitrogens with one attached hydrogen (secondary N) is 2. The number of rotatable bonds is 4. The van der Waals surface area contributed by atoms with E-state index in [2.05, 4.69) is 15.6 Å². The molecule has 96 valence electrons. The maximum atomic E-state index is 11.2. The fourth-order valence-corrected chi connectivity index (χ4v) is 0.901. The second-order valence-electron chi connectivity index (χ2n) is 4.43. The molecule has 0 fully saturated rings. The summed E-state index contributed by atoms with van der Waals surface area (Å²) in [6.07, 6.45) is 0.922. The van der Waals surface area contributed by atoms with E-state index in [0.29, 0.717) is 12.5 Å². The summed E-state index contributed by atoms with van der Waals surface area (Å²) in [7, 11) is 0. The maximum absolute atomic E-state index is 11.2. The fourth-order valence-electron chi connectivity index (χ4n) is 0.901. The van der Waals surface area contributed by atoms with E-state index in [1.807, 2.05) is 27.7 Å². The van der Waals surface area contributed by atoms with Crippen molar-refractivity contribution in [1.82, 2.24) is 10.6 Å². The van der Waals surface area contributed by atoms with Crippen LogP contribution in [0.15, 0.2) is 4.99 Å². The third-order valence-electron chi connectivity index (χ3n) is 1.47. The molecular formula is C10H23IN4O. The third kappa shape index (κ3) is 11.5. The van der Waals surface area contributed by atoms with E-state index in [0.717, 1.165) is 6.42 Å². The zero-order valence-electron chi connectivity index (χ0n) is 10.5. The van der Waals surface area contributed by atoms with Gasteiger partial charge in [-0.2, -0.15) is 0 Å². The summed E-state index contributed by atoms with van der Waals surface area (Å²) in [5.74, 6) is 0.199. The molecule has 0 unspecified atom stereocenters. The number of guanidine groups is 1. The van der Waals surface area contributed by atoms with Crippen LogP contribution < -0.4 is 16.4 Å². The zero-order chi connectivity index (χ0) is 11.9. The first-order valence-corrected chi connectivity index (χ1v) is 5.20. The van der Waals surface area contributed by atoms with Gasteiger partial charge in [0.15, 0.2) is 5.96 Å². The Balaban J connectivity index is 0. The number of halogens is 1. The highest BCUT2D eigenvalue weighted by molar-refractivity contribution is 14.0. The number of nitrogens with zero attached hydrogens (tertiary/aromatic N) is 1. The standard InChI is InChI=1S/C10H22N4O.HI/c1-5-6-12-8(15)7-13-9(11)14-10(2,3)4;/h5-7H2,1-4H3,(H,12,15)(H3,11,13,14);1H. The lowest BCUT2D eigenvalue weighted by Crippen LogP contribution is -2.45. The molecule has 0 aliphatic rings. The Bertz CT molecular complexity index is 235. The summed E-state index contributed by atoms with van der Waals surface area (Å²) in [4.78, 5) is 15.1. The number of amides is 1. The van der Waals surface area contributed by atoms with Crippen LogP contribution in [0.4, 0.5) is 0 Å². The van der Waals surface area contributed by atoms with Gasteiger partial charge in [0.1, 0.15) is 6.54 Å². The number of carbonyl (C=O) groups is 1. The lowest BCUT2D eigenvalue weighted by Gasteiger charge is -2.20. The Hall–Kier alpha value is -0.530. The van der Waals surface area contributed by atoms with Gasteiger partial charge in [-0.3, -0.25) is 4.79 Å². The van der Waals surface area contributed by atoms with Gasteiger partial charge in [-0.25, -0.2) is 4.99 Å². The molecule has 0 heterocycles. The summed E-state index contributed by atoms with van der Waals surface area (Å²) < 4.78 is 0. The van der Waals surface area contributed by atoms with Crippen LogP contribution in [0.1, 0.15) is 34.1 Å². The minimum Gasteiger partial charge on any atom is -0.370 e. The highest BCUT2D eigenvalue weighted by Gasteiger charge is 2.09. The van der Waals surface area contributed by atoms with Gasteiger partial charge in [0.25, 0.3) is 0 Å². The number of hydrogen-bond acceptors (Lipinski definition) is 2. The third-order valence-corrected chi connectivity index (χ3v) is 1.47. The minimum absolute atomic E-state index is 0. The monoisotopic (exact) mass is 342 g/mol. The van der Waals surface area contributed by atoms with Crippen LogP contribution in [0.2, 0.25) is 0 Å². The van der Waals surface area contributed by atoms with Crippen molar-refractivity contribution in [2.45, 2.75) is 39.7 Å². The molecule has 6 heteroatoms. The quantitative estimate of drug-likeness (QED) is 0.402. The maximum Gasteiger partial charge on any atom is 0.241 e. The minimum atomic E-state index is -0.131. The average molecular weight is 342 g/mol. The zero-order valence-corrected chi connectivity index (χ0v) is 12.8. The predicted molar refractivity (Wildman–Crippen MR) is 78.1 cm³/mol. The molecule has 0 bridgehead atoms. The topological polar surface area (TPSA) is 79.5 Å². The van der Waals surface area contributed by atoms with Crippen LogP contribution >= 0.6 is 24.0 Å². The van der Waals surface area contributed by atoms with E-state index >= 15 is 0 Å². The highest BCUT2D eigenvalue weighted by atomic mass is 127. The summed E-state index contributed by atoms with van der Waals surface area (Å²) in [6, 6.07) is 0. The van der Waals surface area contributed by atoms with Crippen LogP contribution in [0.5, 0.6) is 0 Å². The van der Waals surface area contributed by atoms with E-state index in [1.165, 1.54) is 0 Å².